The summed E-state index contributed by atoms with van der Waals surface area (Å²) in [5, 5.41) is 3.68. The largest absolute Gasteiger partial charge is 0.312 e. The summed E-state index contributed by atoms with van der Waals surface area (Å²) in [7, 11) is -0.709. The van der Waals surface area contributed by atoms with E-state index in [0.717, 1.165) is 18.2 Å². The van der Waals surface area contributed by atoms with Crippen molar-refractivity contribution in [2.24, 2.45) is 5.92 Å². The molecule has 0 aliphatic heterocycles. The minimum Gasteiger partial charge on any atom is -0.312 e. The lowest BCUT2D eigenvalue weighted by Crippen LogP contribution is -2.35. The number of nitrogens with one attached hydrogen (secondary N) is 1. The van der Waals surface area contributed by atoms with Crippen LogP contribution in [0.3, 0.4) is 0 Å². The zero-order chi connectivity index (χ0) is 11.8. The average Bonchev–Trinajstić information content (AvgIpc) is 2.13. The van der Waals surface area contributed by atoms with E-state index in [9.17, 15) is 4.21 Å². The van der Waals surface area contributed by atoms with E-state index in [0.29, 0.717) is 6.04 Å². The first-order valence-electron chi connectivity index (χ1n) is 5.56. The molecule has 0 saturated heterocycles. The lowest BCUT2D eigenvalue weighted by molar-refractivity contribution is 0.586. The van der Waals surface area contributed by atoms with E-state index in [4.69, 9.17) is 0 Å². The Kier molecular flexibility index (Phi) is 8.86. The summed E-state index contributed by atoms with van der Waals surface area (Å²) in [6.45, 7) is 9.56. The van der Waals surface area contributed by atoms with Gasteiger partial charge in [-0.3, -0.25) is 4.21 Å². The molecule has 0 aliphatic rings. The second-order valence-corrected chi connectivity index (χ2v) is 7.43. The van der Waals surface area contributed by atoms with E-state index < -0.39 is 10.8 Å². The summed E-state index contributed by atoms with van der Waals surface area (Å²) in [5.74, 6) is 3.13. The number of rotatable bonds is 8. The van der Waals surface area contributed by atoms with Crippen molar-refractivity contribution in [1.29, 1.82) is 0 Å². The maximum absolute atomic E-state index is 11.1. The molecule has 0 radical (unpaired) electrons. The van der Waals surface area contributed by atoms with Crippen LogP contribution >= 0.6 is 11.8 Å². The zero-order valence-corrected chi connectivity index (χ0v) is 12.2. The van der Waals surface area contributed by atoms with Crippen molar-refractivity contribution in [2.45, 2.75) is 39.0 Å². The fraction of sp³-hybridized carbons (Fsp3) is 1.00. The maximum atomic E-state index is 11.1. The summed E-state index contributed by atoms with van der Waals surface area (Å²) in [6.07, 6.45) is 1.77. The van der Waals surface area contributed by atoms with Gasteiger partial charge in [0.05, 0.1) is 0 Å². The first kappa shape index (κ1) is 15.5. The van der Waals surface area contributed by atoms with Gasteiger partial charge in [0.2, 0.25) is 0 Å². The average molecular weight is 251 g/mol. The summed E-state index contributed by atoms with van der Waals surface area (Å²) in [6, 6.07) is 0.514. The zero-order valence-electron chi connectivity index (χ0n) is 10.6. The van der Waals surface area contributed by atoms with Crippen LogP contribution in [-0.4, -0.2) is 39.8 Å². The van der Waals surface area contributed by atoms with E-state index in [-0.39, 0.29) is 5.25 Å². The van der Waals surface area contributed by atoms with Crippen molar-refractivity contribution in [2.75, 3.05) is 24.3 Å². The Bertz CT molecular complexity index is 185. The monoisotopic (exact) mass is 251 g/mol. The Morgan fingerprint density at radius 3 is 2.27 bits per heavy atom. The number of hydrogen-bond donors (Lipinski definition) is 1. The van der Waals surface area contributed by atoms with Gasteiger partial charge >= 0.3 is 0 Å². The molecule has 2 nitrogen and oxygen atoms in total. The van der Waals surface area contributed by atoms with Crippen LogP contribution in [0.1, 0.15) is 27.7 Å². The predicted octanol–water partition coefficient (Wildman–Crippen LogP) is 2.12. The molecular formula is C11H25NOS2. The van der Waals surface area contributed by atoms with E-state index in [1.54, 1.807) is 6.26 Å². The SMILES string of the molecule is CC(C)CSCC(C)NCC(C)S(C)=O. The molecule has 0 rings (SSSR count). The summed E-state index contributed by atoms with van der Waals surface area (Å²) < 4.78 is 11.1. The highest BCUT2D eigenvalue weighted by molar-refractivity contribution is 7.99. The Morgan fingerprint density at radius 1 is 1.20 bits per heavy atom. The summed E-state index contributed by atoms with van der Waals surface area (Å²) in [5.41, 5.74) is 0. The first-order chi connectivity index (χ1) is 6.93. The van der Waals surface area contributed by atoms with Gasteiger partial charge < -0.3 is 5.32 Å². The highest BCUT2D eigenvalue weighted by Crippen LogP contribution is 2.08. The molecule has 0 aromatic heterocycles. The van der Waals surface area contributed by atoms with Gasteiger partial charge in [0.1, 0.15) is 0 Å². The molecule has 0 bridgehead atoms. The molecule has 0 amide bonds. The first-order valence-corrected chi connectivity index (χ1v) is 8.34. The van der Waals surface area contributed by atoms with Gasteiger partial charge in [-0.2, -0.15) is 11.8 Å². The van der Waals surface area contributed by atoms with Gasteiger partial charge in [-0.15, -0.1) is 0 Å². The highest BCUT2D eigenvalue weighted by Gasteiger charge is 2.08. The van der Waals surface area contributed by atoms with Crippen LogP contribution in [0.4, 0.5) is 0 Å². The molecule has 4 heteroatoms. The van der Waals surface area contributed by atoms with Gasteiger partial charge in [-0.25, -0.2) is 0 Å². The smallest absolute Gasteiger partial charge is 0.0441 e. The molecule has 1 N–H and O–H groups in total. The van der Waals surface area contributed by atoms with E-state index in [1.807, 2.05) is 18.7 Å². The Balaban J connectivity index is 3.48. The molecule has 3 atom stereocenters. The van der Waals surface area contributed by atoms with E-state index in [2.05, 4.69) is 26.1 Å². The molecule has 92 valence electrons. The van der Waals surface area contributed by atoms with Gasteiger partial charge in [0.25, 0.3) is 0 Å². The maximum Gasteiger partial charge on any atom is 0.0441 e. The van der Waals surface area contributed by atoms with E-state index in [1.165, 1.54) is 5.75 Å². The quantitative estimate of drug-likeness (QED) is 0.716. The molecular weight excluding hydrogens is 226 g/mol. The molecule has 3 unspecified atom stereocenters. The minimum atomic E-state index is -0.709. The Morgan fingerprint density at radius 2 is 1.80 bits per heavy atom. The third-order valence-electron chi connectivity index (χ3n) is 2.14. The van der Waals surface area contributed by atoms with Crippen LogP contribution in [0.25, 0.3) is 0 Å². The van der Waals surface area contributed by atoms with Crippen LogP contribution in [0.2, 0.25) is 0 Å². The third kappa shape index (κ3) is 9.39. The molecule has 0 heterocycles. The lowest BCUT2D eigenvalue weighted by Gasteiger charge is -2.16. The predicted molar refractivity (Wildman–Crippen MR) is 73.2 cm³/mol. The third-order valence-corrected chi connectivity index (χ3v) is 5.08. The minimum absolute atomic E-state index is 0.252. The van der Waals surface area contributed by atoms with Crippen molar-refractivity contribution in [3.63, 3.8) is 0 Å². The van der Waals surface area contributed by atoms with Crippen molar-refractivity contribution < 1.29 is 4.21 Å². The van der Waals surface area contributed by atoms with Crippen molar-refractivity contribution in [3.8, 4) is 0 Å². The van der Waals surface area contributed by atoms with Crippen molar-refractivity contribution in [3.05, 3.63) is 0 Å². The Labute approximate surface area is 101 Å². The standard InChI is InChI=1S/C11H25NOS2/c1-9(2)7-14-8-10(3)12-6-11(4)15(5)13/h9-12H,6-8H2,1-5H3. The highest BCUT2D eigenvalue weighted by atomic mass is 32.2. The van der Waals surface area contributed by atoms with Crippen molar-refractivity contribution in [1.82, 2.24) is 5.32 Å². The molecule has 0 aromatic rings. The van der Waals surface area contributed by atoms with E-state index >= 15 is 0 Å². The van der Waals surface area contributed by atoms with Crippen LogP contribution in [0, 0.1) is 5.92 Å². The molecule has 15 heavy (non-hydrogen) atoms. The van der Waals surface area contributed by atoms with Crippen LogP contribution in [-0.2, 0) is 10.8 Å². The second kappa shape index (κ2) is 8.59. The lowest BCUT2D eigenvalue weighted by atomic mass is 10.3. The normalized spacial score (nSPS) is 17.7. The number of hydrogen-bond acceptors (Lipinski definition) is 3. The van der Waals surface area contributed by atoms with Gasteiger partial charge in [0.15, 0.2) is 0 Å². The summed E-state index contributed by atoms with van der Waals surface area (Å²) >= 11 is 1.99. The van der Waals surface area contributed by atoms with Gasteiger partial charge in [0, 0.05) is 40.6 Å². The van der Waals surface area contributed by atoms with Gasteiger partial charge in [-0.05, 0) is 25.5 Å². The topological polar surface area (TPSA) is 29.1 Å². The Hall–Kier alpha value is 0.460. The van der Waals surface area contributed by atoms with Crippen LogP contribution < -0.4 is 5.32 Å². The summed E-state index contributed by atoms with van der Waals surface area (Å²) in [4.78, 5) is 0. The van der Waals surface area contributed by atoms with Crippen molar-refractivity contribution >= 4 is 22.6 Å². The second-order valence-electron chi connectivity index (χ2n) is 4.55. The molecule has 0 saturated carbocycles. The molecule has 0 aromatic carbocycles. The number of thioether (sulfide) groups is 1. The molecule has 0 fully saturated rings. The fourth-order valence-corrected chi connectivity index (χ4v) is 2.43. The molecule has 0 spiro atoms. The molecule has 0 aliphatic carbocycles. The van der Waals surface area contributed by atoms with Gasteiger partial charge in [-0.1, -0.05) is 13.8 Å². The fourth-order valence-electron chi connectivity index (χ4n) is 1.02. The van der Waals surface area contributed by atoms with Crippen LogP contribution in [0.15, 0.2) is 0 Å². The van der Waals surface area contributed by atoms with Crippen LogP contribution in [0.5, 0.6) is 0 Å².